The van der Waals surface area contributed by atoms with Crippen molar-refractivity contribution in [3.8, 4) is 11.4 Å². The first-order chi connectivity index (χ1) is 10.1. The van der Waals surface area contributed by atoms with Crippen molar-refractivity contribution in [1.29, 1.82) is 0 Å². The van der Waals surface area contributed by atoms with Gasteiger partial charge >= 0.3 is 0 Å². The van der Waals surface area contributed by atoms with Crippen LogP contribution in [0.15, 0.2) is 46.5 Å². The van der Waals surface area contributed by atoms with Crippen LogP contribution in [-0.2, 0) is 11.8 Å². The van der Waals surface area contributed by atoms with Gasteiger partial charge in [0.05, 0.1) is 5.75 Å². The van der Waals surface area contributed by atoms with Crippen molar-refractivity contribution in [3.05, 3.63) is 41.4 Å². The van der Waals surface area contributed by atoms with Gasteiger partial charge in [-0.2, -0.15) is 0 Å². The van der Waals surface area contributed by atoms with Gasteiger partial charge in [-0.25, -0.2) is 0 Å². The Morgan fingerprint density at radius 1 is 1.43 bits per heavy atom. The lowest BCUT2D eigenvalue weighted by Gasteiger charge is -2.04. The number of nitrogens with zero attached hydrogens (tertiary/aromatic N) is 3. The maximum Gasteiger partial charge on any atom is 0.230 e. The van der Waals surface area contributed by atoms with Crippen LogP contribution in [0, 0.1) is 0 Å². The molecule has 1 aromatic heterocycles. The summed E-state index contributed by atoms with van der Waals surface area (Å²) >= 11 is 4.76. The average Bonchev–Trinajstić information content (AvgIpc) is 2.85. The molecule has 1 N–H and O–H groups in total. The molecule has 0 saturated carbocycles. The van der Waals surface area contributed by atoms with Crippen LogP contribution in [0.1, 0.15) is 0 Å². The summed E-state index contributed by atoms with van der Waals surface area (Å²) in [5, 5.41) is 11.8. The average molecular weight is 367 g/mol. The Hall–Kier alpha value is -1.60. The molecule has 0 bridgehead atoms. The van der Waals surface area contributed by atoms with E-state index in [0.717, 1.165) is 15.9 Å². The molecule has 0 spiro atoms. The van der Waals surface area contributed by atoms with Crippen LogP contribution in [0.4, 0.5) is 0 Å². The highest BCUT2D eigenvalue weighted by Gasteiger charge is 2.12. The van der Waals surface area contributed by atoms with Crippen molar-refractivity contribution in [3.63, 3.8) is 0 Å². The minimum Gasteiger partial charge on any atom is -0.352 e. The number of hydrogen-bond donors (Lipinski definition) is 1. The van der Waals surface area contributed by atoms with Gasteiger partial charge in [-0.1, -0.05) is 45.9 Å². The van der Waals surface area contributed by atoms with Gasteiger partial charge in [0.25, 0.3) is 0 Å². The molecule has 1 heterocycles. The number of benzene rings is 1. The molecule has 2 aromatic rings. The third kappa shape index (κ3) is 4.18. The molecule has 0 aliphatic carbocycles. The lowest BCUT2D eigenvalue weighted by Crippen LogP contribution is -2.25. The summed E-state index contributed by atoms with van der Waals surface area (Å²) in [6.07, 6.45) is 1.65. The summed E-state index contributed by atoms with van der Waals surface area (Å²) in [4.78, 5) is 11.6. The fourth-order valence-electron chi connectivity index (χ4n) is 1.66. The molecule has 7 heteroatoms. The standard InChI is InChI=1S/C14H15BrN4OS/c1-3-8-16-12(20)9-21-14-18-17-13(19(14)2)10-4-6-11(15)7-5-10/h3-7H,1,8-9H2,2H3,(H,16,20). The lowest BCUT2D eigenvalue weighted by molar-refractivity contribution is -0.118. The molecular weight excluding hydrogens is 352 g/mol. The summed E-state index contributed by atoms with van der Waals surface area (Å²) in [5.74, 6) is 1.03. The molecule has 21 heavy (non-hydrogen) atoms. The number of hydrogen-bond acceptors (Lipinski definition) is 4. The van der Waals surface area contributed by atoms with Gasteiger partial charge in [-0.3, -0.25) is 4.79 Å². The second-order valence-electron chi connectivity index (χ2n) is 4.25. The van der Waals surface area contributed by atoms with Crippen LogP contribution in [0.5, 0.6) is 0 Å². The number of carbonyl (C=O) groups excluding carboxylic acids is 1. The van der Waals surface area contributed by atoms with Gasteiger partial charge in [-0.15, -0.1) is 16.8 Å². The fourth-order valence-corrected chi connectivity index (χ4v) is 2.66. The normalized spacial score (nSPS) is 10.4. The quantitative estimate of drug-likeness (QED) is 0.630. The van der Waals surface area contributed by atoms with Crippen LogP contribution in [0.25, 0.3) is 11.4 Å². The van der Waals surface area contributed by atoms with Crippen molar-refractivity contribution in [2.45, 2.75) is 5.16 Å². The maximum absolute atomic E-state index is 11.6. The first-order valence-electron chi connectivity index (χ1n) is 6.27. The predicted molar refractivity (Wildman–Crippen MR) is 88.1 cm³/mol. The van der Waals surface area contributed by atoms with E-state index in [4.69, 9.17) is 0 Å². The summed E-state index contributed by atoms with van der Waals surface area (Å²) < 4.78 is 2.90. The largest absolute Gasteiger partial charge is 0.352 e. The second-order valence-corrected chi connectivity index (χ2v) is 6.11. The van der Waals surface area contributed by atoms with Crippen molar-refractivity contribution >= 4 is 33.6 Å². The topological polar surface area (TPSA) is 59.8 Å². The molecule has 0 aliphatic heterocycles. The highest BCUT2D eigenvalue weighted by atomic mass is 79.9. The van der Waals surface area contributed by atoms with Gasteiger partial charge < -0.3 is 9.88 Å². The van der Waals surface area contributed by atoms with E-state index in [1.807, 2.05) is 35.9 Å². The summed E-state index contributed by atoms with van der Waals surface area (Å²) in [7, 11) is 1.89. The summed E-state index contributed by atoms with van der Waals surface area (Å²) in [6, 6.07) is 7.86. The predicted octanol–water partition coefficient (Wildman–Crippen LogP) is 2.64. The van der Waals surface area contributed by atoms with Gasteiger partial charge in [0.2, 0.25) is 5.91 Å². The molecule has 2 rings (SSSR count). The lowest BCUT2D eigenvalue weighted by atomic mass is 10.2. The number of aromatic nitrogens is 3. The first kappa shape index (κ1) is 15.8. The minimum absolute atomic E-state index is 0.0481. The molecule has 0 unspecified atom stereocenters. The van der Waals surface area contributed by atoms with Gasteiger partial charge in [0, 0.05) is 23.6 Å². The van der Waals surface area contributed by atoms with E-state index in [0.29, 0.717) is 17.5 Å². The third-order valence-corrected chi connectivity index (χ3v) is 4.26. The molecular formula is C14H15BrN4OS. The molecule has 5 nitrogen and oxygen atoms in total. The zero-order valence-electron chi connectivity index (χ0n) is 11.5. The van der Waals surface area contributed by atoms with E-state index in [9.17, 15) is 4.79 Å². The fraction of sp³-hybridized carbons (Fsp3) is 0.214. The van der Waals surface area contributed by atoms with E-state index < -0.39 is 0 Å². The monoisotopic (exact) mass is 366 g/mol. The number of rotatable bonds is 6. The van der Waals surface area contributed by atoms with Crippen molar-refractivity contribution < 1.29 is 4.79 Å². The van der Waals surface area contributed by atoms with E-state index in [1.165, 1.54) is 11.8 Å². The van der Waals surface area contributed by atoms with Crippen LogP contribution in [0.3, 0.4) is 0 Å². The van der Waals surface area contributed by atoms with Gasteiger partial charge in [0.15, 0.2) is 11.0 Å². The first-order valence-corrected chi connectivity index (χ1v) is 8.05. The minimum atomic E-state index is -0.0481. The SMILES string of the molecule is C=CCNC(=O)CSc1nnc(-c2ccc(Br)cc2)n1C. The Kier molecular flexibility index (Phi) is 5.58. The zero-order chi connectivity index (χ0) is 15.2. The van der Waals surface area contributed by atoms with Crippen molar-refractivity contribution in [1.82, 2.24) is 20.1 Å². The Balaban J connectivity index is 2.05. The number of amides is 1. The van der Waals surface area contributed by atoms with E-state index in [2.05, 4.69) is 38.0 Å². The Labute approximate surface area is 136 Å². The smallest absolute Gasteiger partial charge is 0.230 e. The molecule has 0 atom stereocenters. The van der Waals surface area contributed by atoms with Crippen molar-refractivity contribution in [2.75, 3.05) is 12.3 Å². The number of carbonyl (C=O) groups is 1. The zero-order valence-corrected chi connectivity index (χ0v) is 13.9. The number of thioether (sulfide) groups is 1. The van der Waals surface area contributed by atoms with Crippen LogP contribution in [-0.4, -0.2) is 33.0 Å². The second kappa shape index (κ2) is 7.42. The van der Waals surface area contributed by atoms with E-state index in [-0.39, 0.29) is 5.91 Å². The maximum atomic E-state index is 11.6. The molecule has 0 aliphatic rings. The van der Waals surface area contributed by atoms with E-state index >= 15 is 0 Å². The number of halogens is 1. The summed E-state index contributed by atoms with van der Waals surface area (Å²) in [6.45, 7) is 4.03. The third-order valence-electron chi connectivity index (χ3n) is 2.71. The molecule has 110 valence electrons. The molecule has 0 radical (unpaired) electrons. The highest BCUT2D eigenvalue weighted by molar-refractivity contribution is 9.10. The van der Waals surface area contributed by atoms with E-state index in [1.54, 1.807) is 6.08 Å². The molecule has 0 saturated heterocycles. The molecule has 1 amide bonds. The van der Waals surface area contributed by atoms with Gasteiger partial charge in [-0.05, 0) is 12.1 Å². The summed E-state index contributed by atoms with van der Waals surface area (Å²) in [5.41, 5.74) is 0.983. The van der Waals surface area contributed by atoms with Gasteiger partial charge in [0.1, 0.15) is 0 Å². The van der Waals surface area contributed by atoms with Crippen molar-refractivity contribution in [2.24, 2.45) is 7.05 Å². The Morgan fingerprint density at radius 3 is 2.81 bits per heavy atom. The Morgan fingerprint density at radius 2 is 2.14 bits per heavy atom. The van der Waals surface area contributed by atoms with Crippen LogP contribution < -0.4 is 5.32 Å². The molecule has 1 aromatic carbocycles. The Bertz CT molecular complexity index is 639. The number of nitrogens with one attached hydrogen (secondary N) is 1. The highest BCUT2D eigenvalue weighted by Crippen LogP contribution is 2.23. The molecule has 0 fully saturated rings. The van der Waals surface area contributed by atoms with Crippen LogP contribution in [0.2, 0.25) is 0 Å². The van der Waals surface area contributed by atoms with Crippen LogP contribution >= 0.6 is 27.7 Å².